The van der Waals surface area contributed by atoms with E-state index in [9.17, 15) is 33.9 Å². The Morgan fingerprint density at radius 2 is 1.61 bits per heavy atom. The topological polar surface area (TPSA) is 276 Å². The van der Waals surface area contributed by atoms with E-state index >= 15 is 0 Å². The molecule has 0 aliphatic carbocycles. The monoisotopic (exact) mass is 984 g/mol. The molecule has 21 nitrogen and oxygen atoms in total. The minimum absolute atomic E-state index is 0.0376. The molecule has 21 heteroatoms. The van der Waals surface area contributed by atoms with Crippen LogP contribution in [0.1, 0.15) is 74.0 Å². The predicted octanol–water partition coefficient (Wildman–Crippen LogP) is 2.85. The summed E-state index contributed by atoms with van der Waals surface area (Å²) in [5.41, 5.74) is 11.6. The van der Waals surface area contributed by atoms with Gasteiger partial charge in [-0.15, -0.1) is 0 Å². The van der Waals surface area contributed by atoms with Crippen molar-refractivity contribution < 1.29 is 43.3 Å². The second-order valence-corrected chi connectivity index (χ2v) is 17.8. The quantitative estimate of drug-likeness (QED) is 0.0293. The molecule has 71 heavy (non-hydrogen) atoms. The Hall–Kier alpha value is -6.65. The van der Waals surface area contributed by atoms with E-state index in [-0.39, 0.29) is 49.1 Å². The van der Waals surface area contributed by atoms with Gasteiger partial charge in [-0.1, -0.05) is 26.0 Å². The lowest BCUT2D eigenvalue weighted by Gasteiger charge is -2.32. The highest BCUT2D eigenvalue weighted by Gasteiger charge is 2.30. The molecule has 2 atom stereocenters. The van der Waals surface area contributed by atoms with Crippen LogP contribution < -0.4 is 43.1 Å². The number of pyridine rings is 1. The zero-order chi connectivity index (χ0) is 51.3. The second-order valence-electron chi connectivity index (χ2n) is 17.8. The Kier molecular flexibility index (Phi) is 22.0. The van der Waals surface area contributed by atoms with Gasteiger partial charge in [0.15, 0.2) is 0 Å². The van der Waals surface area contributed by atoms with Gasteiger partial charge in [0, 0.05) is 87.0 Å². The van der Waals surface area contributed by atoms with Gasteiger partial charge in [0.25, 0.3) is 5.91 Å². The second kappa shape index (κ2) is 28.3. The number of ether oxygens (including phenoxy) is 2. The van der Waals surface area contributed by atoms with Crippen LogP contribution in [0.3, 0.4) is 0 Å². The number of aryl methyl sites for hydroxylation is 1. The minimum atomic E-state index is -1.10. The highest BCUT2D eigenvalue weighted by atomic mass is 16.5. The number of nitrogens with two attached hydrogens (primary N) is 1. The number of amides is 7. The molecule has 1 aliphatic heterocycles. The van der Waals surface area contributed by atoms with E-state index in [0.717, 1.165) is 35.1 Å². The summed E-state index contributed by atoms with van der Waals surface area (Å²) in [5.74, 6) is -2.95. The van der Waals surface area contributed by atoms with Crippen LogP contribution in [-0.2, 0) is 41.7 Å². The van der Waals surface area contributed by atoms with Crippen molar-refractivity contribution in [3.63, 3.8) is 0 Å². The molecule has 2 aromatic carbocycles. The van der Waals surface area contributed by atoms with Crippen molar-refractivity contribution in [3.8, 4) is 5.75 Å². The summed E-state index contributed by atoms with van der Waals surface area (Å²) < 4.78 is 13.4. The lowest BCUT2D eigenvalue weighted by atomic mass is 10.0. The molecule has 2 aromatic heterocycles. The van der Waals surface area contributed by atoms with Crippen LogP contribution >= 0.6 is 0 Å². The number of piperidine rings is 1. The molecule has 0 bridgehead atoms. The number of phenols is 1. The number of fused-ring (bicyclic) bond motifs is 1. The zero-order valence-corrected chi connectivity index (χ0v) is 41.3. The third-order valence-electron chi connectivity index (χ3n) is 12.0. The van der Waals surface area contributed by atoms with Gasteiger partial charge in [-0.05, 0) is 93.6 Å². The Morgan fingerprint density at radius 1 is 0.887 bits per heavy atom. The van der Waals surface area contributed by atoms with Crippen LogP contribution in [-0.4, -0.2) is 145 Å². The molecule has 1 fully saturated rings. The van der Waals surface area contributed by atoms with E-state index in [0.29, 0.717) is 77.1 Å². The van der Waals surface area contributed by atoms with E-state index in [1.54, 1.807) is 44.3 Å². The maximum absolute atomic E-state index is 13.6. The van der Waals surface area contributed by atoms with Gasteiger partial charge in [0.1, 0.15) is 23.5 Å². The molecule has 1 radical (unpaired) electrons. The first kappa shape index (κ1) is 55.3. The Balaban J connectivity index is 0.949. The summed E-state index contributed by atoms with van der Waals surface area (Å²) in [6.07, 6.45) is 4.42. The Labute approximate surface area is 415 Å². The van der Waals surface area contributed by atoms with Gasteiger partial charge >= 0.3 is 6.03 Å². The standard InChI is InChI=1S/C50H71N12O9/c1-33(2)45(49(68)58-41(9-7-21-55-50(51)69)48(67)57-37-12-10-34(3)11-13-37)59-47(66)40-15-14-38(31-42(40)63)56-43(64)19-26-70-28-29-71-27-22-53-36-16-23-61(24-17-36)44(65)18-25-62-39(32-60(5)52-4)30-35-8-6-20-54-46(35)62/h6,8,10-15,20,30-31,33,36,41,45,52-53,63H,3,7,9,16-19,21-29,32H2,1-2,4-5H3,(H,56,64)(H,57,67)(H,58,68)(H,59,66)(H3,51,55,69)/t41-,45-/m0/s1. The third-order valence-corrected chi connectivity index (χ3v) is 12.0. The Morgan fingerprint density at radius 3 is 2.30 bits per heavy atom. The molecule has 10 N–H and O–H groups in total. The first-order valence-electron chi connectivity index (χ1n) is 24.1. The number of aromatic nitrogens is 2. The number of rotatable bonds is 28. The van der Waals surface area contributed by atoms with Crippen molar-refractivity contribution in [1.82, 2.24) is 46.2 Å². The van der Waals surface area contributed by atoms with Crippen LogP contribution in [0.4, 0.5) is 16.2 Å². The lowest BCUT2D eigenvalue weighted by Crippen LogP contribution is -2.54. The molecule has 385 valence electrons. The smallest absolute Gasteiger partial charge is 0.312 e. The summed E-state index contributed by atoms with van der Waals surface area (Å²) in [4.78, 5) is 83.8. The van der Waals surface area contributed by atoms with Crippen molar-refractivity contribution in [2.45, 2.75) is 83.6 Å². The molecule has 7 amide bonds. The normalized spacial score (nSPS) is 13.8. The fraction of sp³-hybridized carbons (Fsp3) is 0.480. The van der Waals surface area contributed by atoms with Crippen molar-refractivity contribution in [1.29, 1.82) is 0 Å². The lowest BCUT2D eigenvalue weighted by molar-refractivity contribution is -0.132. The summed E-state index contributed by atoms with van der Waals surface area (Å²) in [5, 5.41) is 30.6. The molecule has 0 saturated carbocycles. The third kappa shape index (κ3) is 17.9. The largest absolute Gasteiger partial charge is 0.507 e. The minimum Gasteiger partial charge on any atom is -0.507 e. The van der Waals surface area contributed by atoms with Crippen LogP contribution in [0.5, 0.6) is 5.75 Å². The number of phenolic OH excluding ortho intramolecular Hbond substituents is 1. The first-order chi connectivity index (χ1) is 34.1. The van der Waals surface area contributed by atoms with Gasteiger partial charge in [0.05, 0.1) is 45.0 Å². The van der Waals surface area contributed by atoms with Crippen molar-refractivity contribution in [3.05, 3.63) is 90.6 Å². The number of hydrogen-bond donors (Lipinski definition) is 9. The number of hydrogen-bond acceptors (Lipinski definition) is 13. The molecule has 1 aliphatic rings. The number of urea groups is 1. The maximum atomic E-state index is 13.6. The van der Waals surface area contributed by atoms with E-state index in [4.69, 9.17) is 15.2 Å². The molecule has 3 heterocycles. The number of aromatic hydroxyl groups is 1. The first-order valence-corrected chi connectivity index (χ1v) is 24.1. The van der Waals surface area contributed by atoms with Crippen molar-refractivity contribution >= 4 is 58.0 Å². The van der Waals surface area contributed by atoms with Gasteiger partial charge < -0.3 is 61.7 Å². The number of benzene rings is 2. The zero-order valence-electron chi connectivity index (χ0n) is 41.3. The molecular formula is C50H71N12O9. The highest BCUT2D eigenvalue weighted by Crippen LogP contribution is 2.24. The molecule has 5 rings (SSSR count). The van der Waals surface area contributed by atoms with Crippen LogP contribution in [0, 0.1) is 12.8 Å². The van der Waals surface area contributed by atoms with Crippen LogP contribution in [0.2, 0.25) is 0 Å². The molecule has 1 saturated heterocycles. The predicted molar refractivity (Wildman–Crippen MR) is 270 cm³/mol. The number of carbonyl (C=O) groups excluding carboxylic acids is 6. The fourth-order valence-electron chi connectivity index (χ4n) is 8.01. The number of hydrazine groups is 1. The summed E-state index contributed by atoms with van der Waals surface area (Å²) in [6, 6.07) is 14.4. The van der Waals surface area contributed by atoms with E-state index < -0.39 is 47.5 Å². The van der Waals surface area contributed by atoms with Crippen molar-refractivity contribution in [2.75, 3.05) is 77.3 Å². The van der Waals surface area contributed by atoms with E-state index in [1.807, 2.05) is 36.1 Å². The number of nitrogens with one attached hydrogen (secondary N) is 7. The SMILES string of the molecule is [CH2]c1ccc(NC(=O)[C@H](CCCNC(N)=O)NC(=O)[C@@H](NC(=O)c2ccc(NC(=O)CCOCCOCCNC3CCN(C(=O)CCn4c(CN(C)NC)cc5cccnc54)CC3)cc2O)C(C)C)cc1. The van der Waals surface area contributed by atoms with E-state index in [1.165, 1.54) is 18.2 Å². The average Bonchev–Trinajstić information content (AvgIpc) is 3.69. The van der Waals surface area contributed by atoms with Gasteiger partial charge in [-0.2, -0.15) is 0 Å². The molecular weight excluding hydrogens is 913 g/mol. The van der Waals surface area contributed by atoms with Gasteiger partial charge in [-0.25, -0.2) is 14.8 Å². The number of primary amides is 1. The summed E-state index contributed by atoms with van der Waals surface area (Å²) in [6.45, 7) is 12.0. The van der Waals surface area contributed by atoms with Crippen LogP contribution in [0.25, 0.3) is 11.0 Å². The van der Waals surface area contributed by atoms with Gasteiger partial charge in [0.2, 0.25) is 23.6 Å². The van der Waals surface area contributed by atoms with Crippen LogP contribution in [0.15, 0.2) is 66.9 Å². The number of anilines is 2. The summed E-state index contributed by atoms with van der Waals surface area (Å²) in [7, 11) is 3.85. The number of carbonyl (C=O) groups is 6. The van der Waals surface area contributed by atoms with Gasteiger partial charge in [-0.3, -0.25) is 29.4 Å². The number of likely N-dealkylation sites (tertiary alicyclic amines) is 1. The molecule has 0 unspecified atom stereocenters. The highest BCUT2D eigenvalue weighted by molar-refractivity contribution is 6.02. The number of nitrogens with zero attached hydrogens (tertiary/aromatic N) is 4. The maximum Gasteiger partial charge on any atom is 0.312 e. The average molecular weight is 984 g/mol. The summed E-state index contributed by atoms with van der Waals surface area (Å²) >= 11 is 0. The fourth-order valence-corrected chi connectivity index (χ4v) is 8.01. The Bertz CT molecular complexity index is 2390. The molecule has 4 aromatic rings. The van der Waals surface area contributed by atoms with E-state index in [2.05, 4.69) is 59.9 Å². The molecule has 0 spiro atoms. The van der Waals surface area contributed by atoms with Crippen molar-refractivity contribution in [2.24, 2.45) is 11.7 Å².